The van der Waals surface area contributed by atoms with Crippen molar-refractivity contribution in [2.24, 2.45) is 23.1 Å². The molecule has 3 fully saturated rings. The highest BCUT2D eigenvalue weighted by Gasteiger charge is 2.53. The van der Waals surface area contributed by atoms with Crippen LogP contribution in [-0.4, -0.2) is 178 Å². The molecule has 0 aromatic rings. The van der Waals surface area contributed by atoms with Crippen LogP contribution in [0, 0.1) is 5.92 Å². The van der Waals surface area contributed by atoms with Crippen LogP contribution < -0.4 is 27.8 Å². The molecule has 0 bridgehead atoms. The zero-order valence-corrected chi connectivity index (χ0v) is 25.7. The van der Waals surface area contributed by atoms with Crippen molar-refractivity contribution >= 4 is 5.78 Å². The number of ketones is 1. The average Bonchev–Trinajstić information content (AvgIpc) is 2.98. The lowest BCUT2D eigenvalue weighted by Gasteiger charge is -2.49. The van der Waals surface area contributed by atoms with Crippen molar-refractivity contribution in [3.05, 3.63) is 0 Å². The third-order valence-corrected chi connectivity index (χ3v) is 8.81. The van der Waals surface area contributed by atoms with Crippen molar-refractivity contribution in [3.63, 3.8) is 0 Å². The van der Waals surface area contributed by atoms with Crippen molar-refractivity contribution in [2.45, 2.75) is 117 Å². The fraction of sp³-hybridized carbons (Fsp3) is 0.963. The molecule has 16 N–H and O–H groups in total. The van der Waals surface area contributed by atoms with Crippen LogP contribution in [0.1, 0.15) is 26.2 Å². The van der Waals surface area contributed by atoms with Crippen LogP contribution in [0.4, 0.5) is 0 Å². The zero-order chi connectivity index (χ0) is 33.6. The second-order valence-corrected chi connectivity index (χ2v) is 12.5. The molecule has 2 heterocycles. The van der Waals surface area contributed by atoms with Gasteiger partial charge in [-0.3, -0.25) is 4.79 Å². The Kier molecular flexibility index (Phi) is 14.4. The van der Waals surface area contributed by atoms with Gasteiger partial charge in [0.1, 0.15) is 54.4 Å². The molecule has 0 aromatic heterocycles. The Balaban J connectivity index is 1.79. The monoisotopic (exact) mass is 655 g/mol. The molecule has 16 atom stereocenters. The van der Waals surface area contributed by atoms with Gasteiger partial charge in [0.15, 0.2) is 18.4 Å². The molecule has 45 heavy (non-hydrogen) atoms. The topological polar surface area (TPSA) is 318 Å². The Hall–Kier alpha value is -1.01. The van der Waals surface area contributed by atoms with E-state index < -0.39 is 103 Å². The van der Waals surface area contributed by atoms with Gasteiger partial charge in [0.05, 0.1) is 24.9 Å². The fourth-order valence-electron chi connectivity index (χ4n) is 6.20. The Morgan fingerprint density at radius 3 is 2.29 bits per heavy atom. The normalized spacial score (nSPS) is 44.0. The number of hydrogen-bond donors (Lipinski definition) is 13. The van der Waals surface area contributed by atoms with Crippen molar-refractivity contribution in [2.75, 3.05) is 39.8 Å². The van der Waals surface area contributed by atoms with Crippen LogP contribution in [-0.2, 0) is 23.7 Å². The van der Waals surface area contributed by atoms with E-state index in [2.05, 4.69) is 10.6 Å². The van der Waals surface area contributed by atoms with Crippen LogP contribution in [0.5, 0.6) is 0 Å². The zero-order valence-electron chi connectivity index (χ0n) is 25.7. The Labute approximate surface area is 261 Å². The number of rotatable bonds is 15. The number of aliphatic hydroxyl groups excluding tert-OH is 7. The van der Waals surface area contributed by atoms with Crippen molar-refractivity contribution in [3.8, 4) is 0 Å². The number of ether oxygens (including phenoxy) is 4. The third-order valence-electron chi connectivity index (χ3n) is 8.81. The molecule has 18 heteroatoms. The molecule has 2 saturated heterocycles. The van der Waals surface area contributed by atoms with E-state index in [4.69, 9.17) is 36.1 Å². The number of aliphatic hydroxyl groups is 8. The summed E-state index contributed by atoms with van der Waals surface area (Å²) >= 11 is 0. The second kappa shape index (κ2) is 16.9. The van der Waals surface area contributed by atoms with Gasteiger partial charge in [0.2, 0.25) is 0 Å². The van der Waals surface area contributed by atoms with Gasteiger partial charge in [0.25, 0.3) is 0 Å². The summed E-state index contributed by atoms with van der Waals surface area (Å²) in [4.78, 5) is 12.7. The largest absolute Gasteiger partial charge is 0.392 e. The van der Waals surface area contributed by atoms with E-state index in [-0.39, 0.29) is 45.6 Å². The van der Waals surface area contributed by atoms with Gasteiger partial charge in [-0.05, 0) is 39.3 Å². The Morgan fingerprint density at radius 1 is 1.00 bits per heavy atom. The average molecular weight is 656 g/mol. The van der Waals surface area contributed by atoms with Crippen LogP contribution in [0.2, 0.25) is 0 Å². The summed E-state index contributed by atoms with van der Waals surface area (Å²) in [6.07, 6.45) is -16.8. The summed E-state index contributed by atoms with van der Waals surface area (Å²) in [6.45, 7) is 1.25. The number of Topliss-reactive ketones (excluding diaryl/α,β-unsaturated/α-hetero) is 1. The molecule has 3 rings (SSSR count). The predicted molar refractivity (Wildman–Crippen MR) is 155 cm³/mol. The first kappa shape index (κ1) is 38.4. The summed E-state index contributed by atoms with van der Waals surface area (Å²) in [5.41, 5.74) is 15.8. The molecule has 2 unspecified atom stereocenters. The maximum Gasteiger partial charge on any atom is 0.187 e. The fourth-order valence-corrected chi connectivity index (χ4v) is 6.20. The van der Waals surface area contributed by atoms with Crippen molar-refractivity contribution in [1.29, 1.82) is 0 Å². The van der Waals surface area contributed by atoms with E-state index in [9.17, 15) is 45.6 Å². The number of carbonyl (C=O) groups excluding carboxylic acids is 1. The standard InChI is InChI=1S/C27H53N5O13/c1-27(41)10-42-25(21(40)24(27)31-2)44-22-11(6-14(34)15(35)7-29)5-13(30)23(20(22)39)45-26-19(38)18(37)17(36)16(43-26)9-32-8-12(33)3-4-28/h11-13,15-26,31-33,35-41H,3-10,28-30H2,1-2H3/t11-,12?,13-,15-,16+,17+,18-,19+,20+,21+,22-,23?,24+,25+,26+,27-/m0/s1. The van der Waals surface area contributed by atoms with Crippen molar-refractivity contribution in [1.82, 2.24) is 10.6 Å². The lowest BCUT2D eigenvalue weighted by Crippen LogP contribution is -2.67. The summed E-state index contributed by atoms with van der Waals surface area (Å²) in [7, 11) is 1.53. The molecule has 264 valence electrons. The highest BCUT2D eigenvalue weighted by atomic mass is 16.7. The predicted octanol–water partition coefficient (Wildman–Crippen LogP) is -7.09. The van der Waals surface area contributed by atoms with Gasteiger partial charge in [-0.15, -0.1) is 0 Å². The molecule has 0 radical (unpaired) electrons. The first-order chi connectivity index (χ1) is 21.2. The lowest BCUT2D eigenvalue weighted by molar-refractivity contribution is -0.333. The van der Waals surface area contributed by atoms with Gasteiger partial charge in [-0.1, -0.05) is 0 Å². The number of hydrogen-bond acceptors (Lipinski definition) is 18. The molecule has 1 aliphatic carbocycles. The third kappa shape index (κ3) is 9.33. The van der Waals surface area contributed by atoms with Crippen LogP contribution >= 0.6 is 0 Å². The molecule has 0 spiro atoms. The molecule has 0 amide bonds. The minimum absolute atomic E-state index is 0.00339. The highest BCUT2D eigenvalue weighted by Crippen LogP contribution is 2.36. The van der Waals surface area contributed by atoms with E-state index in [1.54, 1.807) is 0 Å². The Bertz CT molecular complexity index is 924. The minimum Gasteiger partial charge on any atom is -0.392 e. The first-order valence-electron chi connectivity index (χ1n) is 15.3. The summed E-state index contributed by atoms with van der Waals surface area (Å²) < 4.78 is 23.3. The number of carbonyl (C=O) groups is 1. The SMILES string of the molecule is CN[C@@H]1[C@@H](O)[C@@H](O[C@H]2[C@H](CC(=O)[C@@H](O)CN)C[C@H](N)C(O[C@H]3O[C@H](CNCC(O)CCN)[C@@H](O)[C@H](O)[C@H]3O)[C@@H]2O)OC[C@]1(C)O. The van der Waals surface area contributed by atoms with E-state index in [1.165, 1.54) is 14.0 Å². The van der Waals surface area contributed by atoms with Gasteiger partial charge < -0.3 is 87.6 Å². The van der Waals surface area contributed by atoms with Crippen LogP contribution in [0.3, 0.4) is 0 Å². The van der Waals surface area contributed by atoms with Crippen LogP contribution in [0.15, 0.2) is 0 Å². The Morgan fingerprint density at radius 2 is 1.67 bits per heavy atom. The smallest absolute Gasteiger partial charge is 0.187 e. The summed E-state index contributed by atoms with van der Waals surface area (Å²) in [5.74, 6) is -1.43. The summed E-state index contributed by atoms with van der Waals surface area (Å²) in [5, 5.41) is 90.4. The van der Waals surface area contributed by atoms with E-state index >= 15 is 0 Å². The summed E-state index contributed by atoms with van der Waals surface area (Å²) in [6, 6.07) is -1.86. The second-order valence-electron chi connectivity index (χ2n) is 12.5. The molecule has 1 saturated carbocycles. The minimum atomic E-state index is -1.75. The number of likely N-dealkylation sites (N-methyl/N-ethyl adjacent to an activating group) is 1. The molecular formula is C27H53N5O13. The highest BCUT2D eigenvalue weighted by molar-refractivity contribution is 5.83. The van der Waals surface area contributed by atoms with E-state index in [0.29, 0.717) is 6.42 Å². The van der Waals surface area contributed by atoms with E-state index in [1.807, 2.05) is 0 Å². The maximum absolute atomic E-state index is 12.7. The molecular weight excluding hydrogens is 602 g/mol. The number of nitrogens with one attached hydrogen (secondary N) is 2. The van der Waals surface area contributed by atoms with Crippen LogP contribution in [0.25, 0.3) is 0 Å². The number of nitrogens with two attached hydrogens (primary N) is 3. The first-order valence-corrected chi connectivity index (χ1v) is 15.3. The molecule has 2 aliphatic heterocycles. The quantitative estimate of drug-likeness (QED) is 0.0779. The van der Waals surface area contributed by atoms with Gasteiger partial charge in [-0.25, -0.2) is 0 Å². The van der Waals surface area contributed by atoms with Gasteiger partial charge in [0, 0.05) is 32.1 Å². The molecule has 3 aliphatic rings. The van der Waals surface area contributed by atoms with Gasteiger partial charge in [-0.2, -0.15) is 0 Å². The van der Waals surface area contributed by atoms with E-state index in [0.717, 1.165) is 0 Å². The maximum atomic E-state index is 12.7. The van der Waals surface area contributed by atoms with Crippen molar-refractivity contribution < 1.29 is 64.6 Å². The molecule has 0 aromatic carbocycles. The lowest BCUT2D eigenvalue weighted by atomic mass is 9.76. The molecule has 18 nitrogen and oxygen atoms in total. The van der Waals surface area contributed by atoms with Gasteiger partial charge >= 0.3 is 0 Å².